The van der Waals surface area contributed by atoms with Gasteiger partial charge in [0.1, 0.15) is 0 Å². The van der Waals surface area contributed by atoms with Crippen LogP contribution in [-0.2, 0) is 9.47 Å². The standard InChI is InChI=1S/C13H27NO2/c1-5-13(6-2)9-12(7-8-16-13)14-10-11(3)15-4/h11-12,14H,5-10H2,1-4H3. The van der Waals surface area contributed by atoms with Gasteiger partial charge >= 0.3 is 0 Å². The highest BCUT2D eigenvalue weighted by atomic mass is 16.5. The predicted octanol–water partition coefficient (Wildman–Crippen LogP) is 2.35. The molecule has 0 saturated carbocycles. The second kappa shape index (κ2) is 6.58. The average Bonchev–Trinajstić information content (AvgIpc) is 2.36. The van der Waals surface area contributed by atoms with E-state index >= 15 is 0 Å². The molecule has 1 fully saturated rings. The first-order valence-corrected chi connectivity index (χ1v) is 6.56. The van der Waals surface area contributed by atoms with E-state index in [0.717, 1.165) is 38.8 Å². The summed E-state index contributed by atoms with van der Waals surface area (Å²) < 4.78 is 11.2. The zero-order valence-electron chi connectivity index (χ0n) is 11.2. The molecule has 0 aromatic heterocycles. The van der Waals surface area contributed by atoms with E-state index in [1.165, 1.54) is 0 Å². The fraction of sp³-hybridized carbons (Fsp3) is 1.00. The second-order valence-corrected chi connectivity index (χ2v) is 4.88. The molecule has 0 amide bonds. The van der Waals surface area contributed by atoms with Gasteiger partial charge in [-0.2, -0.15) is 0 Å². The highest BCUT2D eigenvalue weighted by molar-refractivity contribution is 4.88. The van der Waals surface area contributed by atoms with E-state index in [1.807, 2.05) is 0 Å². The minimum absolute atomic E-state index is 0.117. The van der Waals surface area contributed by atoms with Gasteiger partial charge in [0.05, 0.1) is 11.7 Å². The summed E-state index contributed by atoms with van der Waals surface area (Å²) in [7, 11) is 1.76. The molecule has 0 bridgehead atoms. The van der Waals surface area contributed by atoms with Crippen molar-refractivity contribution in [3.8, 4) is 0 Å². The molecule has 96 valence electrons. The van der Waals surface area contributed by atoms with Crippen molar-refractivity contribution in [3.63, 3.8) is 0 Å². The summed E-state index contributed by atoms with van der Waals surface area (Å²) in [5.41, 5.74) is 0.117. The Hall–Kier alpha value is -0.120. The molecule has 0 aliphatic carbocycles. The Balaban J connectivity index is 2.38. The zero-order chi connectivity index (χ0) is 12.0. The summed E-state index contributed by atoms with van der Waals surface area (Å²) in [6.45, 7) is 8.37. The predicted molar refractivity (Wildman–Crippen MR) is 66.8 cm³/mol. The van der Waals surface area contributed by atoms with E-state index < -0.39 is 0 Å². The Bertz CT molecular complexity index is 192. The van der Waals surface area contributed by atoms with E-state index in [2.05, 4.69) is 26.1 Å². The normalized spacial score (nSPS) is 26.6. The van der Waals surface area contributed by atoms with E-state index in [0.29, 0.717) is 12.1 Å². The molecule has 1 saturated heterocycles. The molecule has 1 aliphatic rings. The summed E-state index contributed by atoms with van der Waals surface area (Å²) in [4.78, 5) is 0. The minimum Gasteiger partial charge on any atom is -0.380 e. The third-order valence-corrected chi connectivity index (χ3v) is 3.88. The van der Waals surface area contributed by atoms with Crippen LogP contribution in [0.3, 0.4) is 0 Å². The fourth-order valence-electron chi connectivity index (χ4n) is 2.36. The van der Waals surface area contributed by atoms with Gasteiger partial charge in [-0.3, -0.25) is 0 Å². The van der Waals surface area contributed by atoms with Crippen molar-refractivity contribution in [1.82, 2.24) is 5.32 Å². The third-order valence-electron chi connectivity index (χ3n) is 3.88. The molecule has 0 spiro atoms. The van der Waals surface area contributed by atoms with Crippen molar-refractivity contribution in [2.24, 2.45) is 0 Å². The van der Waals surface area contributed by atoms with E-state index in [1.54, 1.807) is 7.11 Å². The summed E-state index contributed by atoms with van der Waals surface area (Å²) in [6, 6.07) is 0.589. The van der Waals surface area contributed by atoms with E-state index in [4.69, 9.17) is 9.47 Å². The maximum absolute atomic E-state index is 5.96. The van der Waals surface area contributed by atoms with Crippen LogP contribution in [0.4, 0.5) is 0 Å². The summed E-state index contributed by atoms with van der Waals surface area (Å²) >= 11 is 0. The molecule has 1 heterocycles. The van der Waals surface area contributed by atoms with Crippen molar-refractivity contribution >= 4 is 0 Å². The van der Waals surface area contributed by atoms with Gasteiger partial charge in [0, 0.05) is 26.3 Å². The maximum atomic E-state index is 5.96. The Morgan fingerprint density at radius 2 is 2.12 bits per heavy atom. The molecule has 2 unspecified atom stereocenters. The van der Waals surface area contributed by atoms with Crippen molar-refractivity contribution in [1.29, 1.82) is 0 Å². The quantitative estimate of drug-likeness (QED) is 0.758. The number of rotatable bonds is 6. The Morgan fingerprint density at radius 1 is 1.44 bits per heavy atom. The largest absolute Gasteiger partial charge is 0.380 e. The van der Waals surface area contributed by atoms with Crippen LogP contribution in [0.15, 0.2) is 0 Å². The molecule has 3 heteroatoms. The summed E-state index contributed by atoms with van der Waals surface area (Å²) in [5.74, 6) is 0. The third kappa shape index (κ3) is 3.72. The number of methoxy groups -OCH3 is 1. The van der Waals surface area contributed by atoms with Crippen molar-refractivity contribution in [2.75, 3.05) is 20.3 Å². The molecule has 1 N–H and O–H groups in total. The minimum atomic E-state index is 0.117. The Kier molecular flexibility index (Phi) is 5.73. The molecule has 0 aromatic carbocycles. The lowest BCUT2D eigenvalue weighted by Gasteiger charge is -2.40. The first-order valence-electron chi connectivity index (χ1n) is 6.56. The molecule has 0 radical (unpaired) electrons. The first-order chi connectivity index (χ1) is 7.65. The van der Waals surface area contributed by atoms with Crippen LogP contribution in [0.5, 0.6) is 0 Å². The van der Waals surface area contributed by atoms with E-state index in [9.17, 15) is 0 Å². The summed E-state index contributed by atoms with van der Waals surface area (Å²) in [5, 5.41) is 3.59. The highest BCUT2D eigenvalue weighted by Crippen LogP contribution is 2.31. The lowest BCUT2D eigenvalue weighted by atomic mass is 9.86. The van der Waals surface area contributed by atoms with Crippen molar-refractivity contribution in [2.45, 2.75) is 64.2 Å². The van der Waals surface area contributed by atoms with Gasteiger partial charge in [-0.1, -0.05) is 13.8 Å². The van der Waals surface area contributed by atoms with Crippen molar-refractivity contribution in [3.05, 3.63) is 0 Å². The van der Waals surface area contributed by atoms with Crippen LogP contribution < -0.4 is 5.32 Å². The van der Waals surface area contributed by atoms with Crippen LogP contribution in [0.25, 0.3) is 0 Å². The number of hydrogen-bond donors (Lipinski definition) is 1. The lowest BCUT2D eigenvalue weighted by molar-refractivity contribution is -0.0938. The number of ether oxygens (including phenoxy) is 2. The monoisotopic (exact) mass is 229 g/mol. The van der Waals surface area contributed by atoms with Crippen LogP contribution >= 0.6 is 0 Å². The van der Waals surface area contributed by atoms with Gasteiger partial charge < -0.3 is 14.8 Å². The number of nitrogens with one attached hydrogen (secondary N) is 1. The molecular formula is C13H27NO2. The van der Waals surface area contributed by atoms with Gasteiger partial charge in [0.25, 0.3) is 0 Å². The van der Waals surface area contributed by atoms with Gasteiger partial charge in [-0.05, 0) is 32.6 Å². The van der Waals surface area contributed by atoms with Gasteiger partial charge in [0.15, 0.2) is 0 Å². The van der Waals surface area contributed by atoms with Crippen LogP contribution in [-0.4, -0.2) is 38.0 Å². The van der Waals surface area contributed by atoms with Gasteiger partial charge in [0.2, 0.25) is 0 Å². The Morgan fingerprint density at radius 3 is 2.69 bits per heavy atom. The van der Waals surface area contributed by atoms with Gasteiger partial charge in [-0.25, -0.2) is 0 Å². The van der Waals surface area contributed by atoms with E-state index in [-0.39, 0.29) is 5.60 Å². The smallest absolute Gasteiger partial charge is 0.0692 e. The topological polar surface area (TPSA) is 30.5 Å². The first kappa shape index (κ1) is 13.9. The van der Waals surface area contributed by atoms with Gasteiger partial charge in [-0.15, -0.1) is 0 Å². The lowest BCUT2D eigenvalue weighted by Crippen LogP contribution is -2.47. The fourth-order valence-corrected chi connectivity index (χ4v) is 2.36. The highest BCUT2D eigenvalue weighted by Gasteiger charge is 2.34. The molecule has 3 nitrogen and oxygen atoms in total. The summed E-state index contributed by atoms with van der Waals surface area (Å²) in [6.07, 6.45) is 4.78. The maximum Gasteiger partial charge on any atom is 0.0692 e. The molecule has 1 rings (SSSR count). The molecule has 1 aliphatic heterocycles. The Labute approximate surface area is 99.9 Å². The molecule has 0 aromatic rings. The molecule has 2 atom stereocenters. The second-order valence-electron chi connectivity index (χ2n) is 4.88. The molecular weight excluding hydrogens is 202 g/mol. The van der Waals surface area contributed by atoms with Crippen LogP contribution in [0, 0.1) is 0 Å². The van der Waals surface area contributed by atoms with Crippen LogP contribution in [0.1, 0.15) is 46.5 Å². The zero-order valence-corrected chi connectivity index (χ0v) is 11.2. The molecule has 16 heavy (non-hydrogen) atoms. The average molecular weight is 229 g/mol. The van der Waals surface area contributed by atoms with Crippen LogP contribution in [0.2, 0.25) is 0 Å². The van der Waals surface area contributed by atoms with Crippen molar-refractivity contribution < 1.29 is 9.47 Å². The SMILES string of the molecule is CCC1(CC)CC(NCC(C)OC)CCO1. The number of hydrogen-bond acceptors (Lipinski definition) is 3.